The molecule has 0 fully saturated rings. The quantitative estimate of drug-likeness (QED) is 0.785. The molecule has 0 aliphatic heterocycles. The van der Waals surface area contributed by atoms with Crippen LogP contribution in [0.4, 0.5) is 5.13 Å². The Kier molecular flexibility index (Phi) is 6.65. The van der Waals surface area contributed by atoms with Crippen molar-refractivity contribution in [1.29, 1.82) is 0 Å². The van der Waals surface area contributed by atoms with E-state index < -0.39 is 0 Å². The van der Waals surface area contributed by atoms with Gasteiger partial charge in [-0.25, -0.2) is 4.98 Å². The summed E-state index contributed by atoms with van der Waals surface area (Å²) >= 11 is 1.85. The highest BCUT2D eigenvalue weighted by Crippen LogP contribution is 2.26. The molecule has 0 unspecified atom stereocenters. The molecule has 1 N–H and O–H groups in total. The SMILES string of the molecule is CCc1nc(N(CC)CC)sc1CNCC(C)C. The molecule has 1 heterocycles. The normalized spacial score (nSPS) is 11.2. The lowest BCUT2D eigenvalue weighted by molar-refractivity contribution is 0.553. The van der Waals surface area contributed by atoms with Crippen LogP contribution in [0.1, 0.15) is 45.2 Å². The van der Waals surface area contributed by atoms with Gasteiger partial charge in [0.05, 0.1) is 5.69 Å². The first-order valence-corrected chi connectivity index (χ1v) is 7.88. The predicted octanol–water partition coefficient (Wildman–Crippen LogP) is 3.30. The van der Waals surface area contributed by atoms with Crippen molar-refractivity contribution in [2.24, 2.45) is 5.92 Å². The van der Waals surface area contributed by atoms with Gasteiger partial charge in [0, 0.05) is 24.5 Å². The Labute approximate surface area is 116 Å². The second kappa shape index (κ2) is 7.74. The van der Waals surface area contributed by atoms with Gasteiger partial charge in [-0.1, -0.05) is 20.8 Å². The zero-order chi connectivity index (χ0) is 13.5. The fourth-order valence-corrected chi connectivity index (χ4v) is 3.13. The summed E-state index contributed by atoms with van der Waals surface area (Å²) in [6, 6.07) is 0. The molecule has 0 spiro atoms. The molecule has 1 aromatic heterocycles. The van der Waals surface area contributed by atoms with Gasteiger partial charge < -0.3 is 10.2 Å². The van der Waals surface area contributed by atoms with Crippen molar-refractivity contribution in [1.82, 2.24) is 10.3 Å². The minimum absolute atomic E-state index is 0.699. The molecule has 0 bridgehead atoms. The average molecular weight is 269 g/mol. The van der Waals surface area contributed by atoms with Crippen LogP contribution in [0.2, 0.25) is 0 Å². The highest BCUT2D eigenvalue weighted by molar-refractivity contribution is 7.15. The van der Waals surface area contributed by atoms with E-state index in [0.717, 1.165) is 32.6 Å². The van der Waals surface area contributed by atoms with Crippen LogP contribution in [-0.4, -0.2) is 24.6 Å². The molecular weight excluding hydrogens is 242 g/mol. The Morgan fingerprint density at radius 3 is 2.39 bits per heavy atom. The van der Waals surface area contributed by atoms with Crippen molar-refractivity contribution >= 4 is 16.5 Å². The van der Waals surface area contributed by atoms with Crippen LogP contribution >= 0.6 is 11.3 Å². The van der Waals surface area contributed by atoms with Crippen molar-refractivity contribution in [3.8, 4) is 0 Å². The minimum Gasteiger partial charge on any atom is -0.349 e. The lowest BCUT2D eigenvalue weighted by atomic mass is 10.2. The van der Waals surface area contributed by atoms with Crippen LogP contribution in [0, 0.1) is 5.92 Å². The van der Waals surface area contributed by atoms with Crippen LogP contribution in [0.3, 0.4) is 0 Å². The first-order chi connectivity index (χ1) is 8.62. The standard InChI is InChI=1S/C14H27N3S/c1-6-12-13(10-15-9-11(4)5)18-14(16-12)17(7-2)8-3/h11,15H,6-10H2,1-5H3. The fraction of sp³-hybridized carbons (Fsp3) is 0.786. The molecule has 104 valence electrons. The van der Waals surface area contributed by atoms with Crippen LogP contribution in [0.5, 0.6) is 0 Å². The first kappa shape index (κ1) is 15.4. The monoisotopic (exact) mass is 269 g/mol. The van der Waals surface area contributed by atoms with E-state index >= 15 is 0 Å². The maximum absolute atomic E-state index is 4.77. The van der Waals surface area contributed by atoms with E-state index in [9.17, 15) is 0 Å². The molecule has 0 radical (unpaired) electrons. The molecule has 0 aliphatic rings. The van der Waals surface area contributed by atoms with E-state index in [1.807, 2.05) is 11.3 Å². The van der Waals surface area contributed by atoms with Crippen LogP contribution in [0.15, 0.2) is 0 Å². The topological polar surface area (TPSA) is 28.2 Å². The molecule has 0 aromatic carbocycles. The molecule has 0 aliphatic carbocycles. The van der Waals surface area contributed by atoms with E-state index in [-0.39, 0.29) is 0 Å². The molecule has 0 saturated carbocycles. The Bertz CT molecular complexity index is 343. The van der Waals surface area contributed by atoms with Gasteiger partial charge in [0.2, 0.25) is 0 Å². The number of thiazole rings is 1. The van der Waals surface area contributed by atoms with Gasteiger partial charge in [-0.3, -0.25) is 0 Å². The van der Waals surface area contributed by atoms with Crippen molar-refractivity contribution in [2.75, 3.05) is 24.5 Å². The molecule has 4 heteroatoms. The number of hydrogen-bond donors (Lipinski definition) is 1. The molecule has 3 nitrogen and oxygen atoms in total. The summed E-state index contributed by atoms with van der Waals surface area (Å²) in [7, 11) is 0. The van der Waals surface area contributed by atoms with E-state index in [1.165, 1.54) is 15.7 Å². The number of aryl methyl sites for hydroxylation is 1. The number of hydrogen-bond acceptors (Lipinski definition) is 4. The molecule has 0 amide bonds. The third-order valence-electron chi connectivity index (χ3n) is 2.97. The second-order valence-electron chi connectivity index (χ2n) is 4.92. The number of nitrogens with zero attached hydrogens (tertiary/aromatic N) is 2. The number of anilines is 1. The first-order valence-electron chi connectivity index (χ1n) is 7.06. The van der Waals surface area contributed by atoms with Crippen molar-refractivity contribution in [3.63, 3.8) is 0 Å². The zero-order valence-corrected chi connectivity index (χ0v) is 13.2. The van der Waals surface area contributed by atoms with E-state index in [0.29, 0.717) is 5.92 Å². The maximum Gasteiger partial charge on any atom is 0.185 e. The van der Waals surface area contributed by atoms with Crippen molar-refractivity contribution in [2.45, 2.75) is 47.6 Å². The molecule has 0 atom stereocenters. The lowest BCUT2D eigenvalue weighted by Crippen LogP contribution is -2.21. The third kappa shape index (κ3) is 4.25. The van der Waals surface area contributed by atoms with E-state index in [2.05, 4.69) is 44.8 Å². The Hall–Kier alpha value is -0.610. The average Bonchev–Trinajstić information content (AvgIpc) is 2.73. The smallest absolute Gasteiger partial charge is 0.185 e. The third-order valence-corrected chi connectivity index (χ3v) is 4.13. The van der Waals surface area contributed by atoms with Crippen molar-refractivity contribution in [3.05, 3.63) is 10.6 Å². The van der Waals surface area contributed by atoms with Crippen molar-refractivity contribution < 1.29 is 0 Å². The van der Waals surface area contributed by atoms with Crippen LogP contribution in [0.25, 0.3) is 0 Å². The summed E-state index contributed by atoms with van der Waals surface area (Å²) in [5.41, 5.74) is 1.26. The molecule has 1 rings (SSSR count). The summed E-state index contributed by atoms with van der Waals surface area (Å²) in [4.78, 5) is 8.50. The number of aromatic nitrogens is 1. The second-order valence-corrected chi connectivity index (χ2v) is 5.98. The van der Waals surface area contributed by atoms with Crippen LogP contribution < -0.4 is 10.2 Å². The number of nitrogens with one attached hydrogen (secondary N) is 1. The fourth-order valence-electron chi connectivity index (χ4n) is 1.89. The zero-order valence-electron chi connectivity index (χ0n) is 12.4. The highest BCUT2D eigenvalue weighted by atomic mass is 32.1. The molecule has 1 aromatic rings. The van der Waals surface area contributed by atoms with Gasteiger partial charge in [0.15, 0.2) is 5.13 Å². The summed E-state index contributed by atoms with van der Waals surface area (Å²) in [6.07, 6.45) is 1.02. The highest BCUT2D eigenvalue weighted by Gasteiger charge is 2.13. The van der Waals surface area contributed by atoms with Crippen LogP contribution in [-0.2, 0) is 13.0 Å². The Morgan fingerprint density at radius 2 is 1.89 bits per heavy atom. The summed E-state index contributed by atoms with van der Waals surface area (Å²) in [5, 5.41) is 4.69. The summed E-state index contributed by atoms with van der Waals surface area (Å²) < 4.78 is 0. The van der Waals surface area contributed by atoms with Gasteiger partial charge in [-0.2, -0.15) is 0 Å². The maximum atomic E-state index is 4.77. The largest absolute Gasteiger partial charge is 0.349 e. The van der Waals surface area contributed by atoms with Gasteiger partial charge in [0.1, 0.15) is 0 Å². The molecule has 0 saturated heterocycles. The Morgan fingerprint density at radius 1 is 1.22 bits per heavy atom. The minimum atomic E-state index is 0.699. The molecular formula is C14H27N3S. The van der Waals surface area contributed by atoms with E-state index in [1.54, 1.807) is 0 Å². The van der Waals surface area contributed by atoms with Gasteiger partial charge in [-0.15, -0.1) is 11.3 Å². The van der Waals surface area contributed by atoms with Gasteiger partial charge in [-0.05, 0) is 32.7 Å². The summed E-state index contributed by atoms with van der Waals surface area (Å²) in [6.45, 7) is 15.1. The predicted molar refractivity (Wildman–Crippen MR) is 81.6 cm³/mol. The Balaban J connectivity index is 2.71. The summed E-state index contributed by atoms with van der Waals surface area (Å²) in [5.74, 6) is 0.699. The number of rotatable bonds is 8. The lowest BCUT2D eigenvalue weighted by Gasteiger charge is -2.16. The van der Waals surface area contributed by atoms with Gasteiger partial charge in [0.25, 0.3) is 0 Å². The van der Waals surface area contributed by atoms with Gasteiger partial charge >= 0.3 is 0 Å². The van der Waals surface area contributed by atoms with E-state index in [4.69, 9.17) is 4.98 Å². The molecule has 18 heavy (non-hydrogen) atoms.